The first-order chi connectivity index (χ1) is 13.2. The van der Waals surface area contributed by atoms with Gasteiger partial charge in [-0.15, -0.1) is 0 Å². The maximum Gasteiger partial charge on any atom is 0.338 e. The van der Waals surface area contributed by atoms with E-state index in [-0.39, 0.29) is 18.5 Å². The molecule has 4 aromatic rings. The average Bonchev–Trinajstić information content (AvgIpc) is 3.11. The van der Waals surface area contributed by atoms with E-state index < -0.39 is 0 Å². The molecule has 0 amide bonds. The molecular weight excluding hydrogens is 338 g/mol. The normalized spacial score (nSPS) is 10.7. The Hall–Kier alpha value is -3.66. The van der Waals surface area contributed by atoms with Gasteiger partial charge in [0.15, 0.2) is 0 Å². The van der Waals surface area contributed by atoms with Crippen LogP contribution in [-0.2, 0) is 11.3 Å². The molecule has 132 valence electrons. The predicted octanol–water partition coefficient (Wildman–Crippen LogP) is 4.69. The largest absolute Gasteiger partial charge is 0.457 e. The molecule has 0 bridgehead atoms. The monoisotopic (exact) mass is 355 g/mol. The van der Waals surface area contributed by atoms with E-state index in [1.807, 2.05) is 48.5 Å². The van der Waals surface area contributed by atoms with Crippen molar-refractivity contribution in [3.05, 3.63) is 108 Å². The number of benzene rings is 3. The summed E-state index contributed by atoms with van der Waals surface area (Å²) < 4.78 is 7.06. The number of hydrogen-bond acceptors (Lipinski definition) is 3. The van der Waals surface area contributed by atoms with Crippen LogP contribution in [0.5, 0.6) is 0 Å². The van der Waals surface area contributed by atoms with Crippen LogP contribution in [0.1, 0.15) is 26.3 Å². The van der Waals surface area contributed by atoms with Gasteiger partial charge in [-0.25, -0.2) is 4.79 Å². The van der Waals surface area contributed by atoms with Crippen LogP contribution in [0, 0.1) is 0 Å². The lowest BCUT2D eigenvalue weighted by molar-refractivity contribution is 0.0474. The molecule has 1 aromatic heterocycles. The van der Waals surface area contributed by atoms with Crippen molar-refractivity contribution in [2.75, 3.05) is 0 Å². The van der Waals surface area contributed by atoms with Crippen molar-refractivity contribution < 1.29 is 14.3 Å². The first-order valence-electron chi connectivity index (χ1n) is 8.65. The van der Waals surface area contributed by atoms with Gasteiger partial charge in [0.05, 0.1) is 11.1 Å². The summed E-state index contributed by atoms with van der Waals surface area (Å²) in [6, 6.07) is 25.6. The highest BCUT2D eigenvalue weighted by molar-refractivity contribution is 6.03. The maximum atomic E-state index is 12.9. The number of ether oxygens (including phenoxy) is 1. The molecule has 3 aromatic carbocycles. The highest BCUT2D eigenvalue weighted by Crippen LogP contribution is 2.23. The van der Waals surface area contributed by atoms with Gasteiger partial charge >= 0.3 is 5.97 Å². The van der Waals surface area contributed by atoms with Crippen molar-refractivity contribution in [2.45, 2.75) is 6.61 Å². The van der Waals surface area contributed by atoms with E-state index in [2.05, 4.69) is 0 Å². The van der Waals surface area contributed by atoms with E-state index in [0.717, 1.165) is 16.5 Å². The van der Waals surface area contributed by atoms with Crippen LogP contribution < -0.4 is 0 Å². The Labute approximate surface area is 156 Å². The van der Waals surface area contributed by atoms with Crippen LogP contribution in [0.2, 0.25) is 0 Å². The Morgan fingerprint density at radius 2 is 1.33 bits per heavy atom. The van der Waals surface area contributed by atoms with Crippen LogP contribution in [-0.4, -0.2) is 16.4 Å². The van der Waals surface area contributed by atoms with E-state index in [1.54, 1.807) is 47.2 Å². The van der Waals surface area contributed by atoms with Crippen molar-refractivity contribution in [2.24, 2.45) is 0 Å². The standard InChI is InChI=1S/C23H17NO3/c25-22(17-9-3-1-4-10-17)24-15-19(20-13-7-8-14-21(20)24)16-27-23(26)18-11-5-2-6-12-18/h1-15H,16H2. The summed E-state index contributed by atoms with van der Waals surface area (Å²) in [5.41, 5.74) is 2.68. The average molecular weight is 355 g/mol. The van der Waals surface area contributed by atoms with Crippen molar-refractivity contribution in [1.29, 1.82) is 0 Å². The van der Waals surface area contributed by atoms with Crippen LogP contribution in [0.4, 0.5) is 0 Å². The van der Waals surface area contributed by atoms with E-state index in [4.69, 9.17) is 4.74 Å². The molecule has 0 fully saturated rings. The van der Waals surface area contributed by atoms with Gasteiger partial charge in [-0.1, -0.05) is 54.6 Å². The summed E-state index contributed by atoms with van der Waals surface area (Å²) in [6.45, 7) is 0.101. The minimum Gasteiger partial charge on any atom is -0.457 e. The summed E-state index contributed by atoms with van der Waals surface area (Å²) >= 11 is 0. The van der Waals surface area contributed by atoms with E-state index in [0.29, 0.717) is 11.1 Å². The fourth-order valence-corrected chi connectivity index (χ4v) is 3.05. The van der Waals surface area contributed by atoms with Crippen molar-refractivity contribution in [3.63, 3.8) is 0 Å². The molecule has 4 nitrogen and oxygen atoms in total. The second-order valence-electron chi connectivity index (χ2n) is 6.15. The summed E-state index contributed by atoms with van der Waals surface area (Å²) in [4.78, 5) is 25.1. The van der Waals surface area contributed by atoms with Gasteiger partial charge in [-0.3, -0.25) is 9.36 Å². The molecule has 0 aliphatic heterocycles. The fraction of sp³-hybridized carbons (Fsp3) is 0.0435. The molecule has 0 saturated carbocycles. The number of nitrogens with zero attached hydrogens (tertiary/aromatic N) is 1. The number of carbonyl (C=O) groups excluding carboxylic acids is 2. The number of fused-ring (bicyclic) bond motifs is 1. The van der Waals surface area contributed by atoms with Gasteiger partial charge < -0.3 is 4.74 Å². The summed E-state index contributed by atoms with van der Waals surface area (Å²) in [5.74, 6) is -0.505. The quantitative estimate of drug-likeness (QED) is 0.499. The molecule has 4 heteroatoms. The number of carbonyl (C=O) groups is 2. The molecule has 0 aliphatic carbocycles. The van der Waals surface area contributed by atoms with Crippen LogP contribution in [0.3, 0.4) is 0 Å². The van der Waals surface area contributed by atoms with E-state index >= 15 is 0 Å². The zero-order valence-corrected chi connectivity index (χ0v) is 14.5. The topological polar surface area (TPSA) is 48.3 Å². The lowest BCUT2D eigenvalue weighted by Crippen LogP contribution is -2.10. The molecule has 0 unspecified atom stereocenters. The minimum atomic E-state index is -0.387. The number of rotatable bonds is 4. The molecular formula is C23H17NO3. The maximum absolute atomic E-state index is 12.9. The third kappa shape index (κ3) is 3.37. The minimum absolute atomic E-state index is 0.101. The number of hydrogen-bond donors (Lipinski definition) is 0. The van der Waals surface area contributed by atoms with E-state index in [9.17, 15) is 9.59 Å². The molecule has 4 rings (SSSR count). The van der Waals surface area contributed by atoms with Crippen molar-refractivity contribution in [1.82, 2.24) is 4.57 Å². The van der Waals surface area contributed by atoms with Gasteiger partial charge in [0.25, 0.3) is 5.91 Å². The zero-order valence-electron chi connectivity index (χ0n) is 14.5. The lowest BCUT2D eigenvalue weighted by atomic mass is 10.2. The van der Waals surface area contributed by atoms with Gasteiger partial charge in [0.1, 0.15) is 6.61 Å². The molecule has 1 heterocycles. The molecule has 0 spiro atoms. The highest BCUT2D eigenvalue weighted by Gasteiger charge is 2.16. The Kier molecular flexibility index (Phi) is 4.54. The lowest BCUT2D eigenvalue weighted by Gasteiger charge is -2.04. The Balaban J connectivity index is 1.64. The van der Waals surface area contributed by atoms with Crippen molar-refractivity contribution in [3.8, 4) is 0 Å². The van der Waals surface area contributed by atoms with E-state index in [1.165, 1.54) is 0 Å². The van der Waals surface area contributed by atoms with Gasteiger partial charge in [-0.2, -0.15) is 0 Å². The molecule has 0 aliphatic rings. The predicted molar refractivity (Wildman–Crippen MR) is 104 cm³/mol. The molecule has 0 saturated heterocycles. The zero-order chi connectivity index (χ0) is 18.6. The molecule has 0 atom stereocenters. The SMILES string of the molecule is O=C(OCc1cn(C(=O)c2ccccc2)c2ccccc12)c1ccccc1. The summed E-state index contributed by atoms with van der Waals surface area (Å²) in [5, 5.41) is 0.891. The highest BCUT2D eigenvalue weighted by atomic mass is 16.5. The Morgan fingerprint density at radius 3 is 2.04 bits per heavy atom. The Bertz CT molecular complexity index is 1100. The number of esters is 1. The molecule has 27 heavy (non-hydrogen) atoms. The second kappa shape index (κ2) is 7.30. The van der Waals surface area contributed by atoms with Gasteiger partial charge in [0.2, 0.25) is 0 Å². The first-order valence-corrected chi connectivity index (χ1v) is 8.65. The summed E-state index contributed by atoms with van der Waals surface area (Å²) in [7, 11) is 0. The van der Waals surface area contributed by atoms with Crippen LogP contribution in [0.15, 0.2) is 91.1 Å². The second-order valence-corrected chi connectivity index (χ2v) is 6.15. The molecule has 0 N–H and O–H groups in total. The number of para-hydroxylation sites is 1. The fourth-order valence-electron chi connectivity index (χ4n) is 3.05. The van der Waals surface area contributed by atoms with Crippen molar-refractivity contribution >= 4 is 22.8 Å². The first kappa shape index (κ1) is 16.8. The van der Waals surface area contributed by atoms with Crippen LogP contribution in [0.25, 0.3) is 10.9 Å². The van der Waals surface area contributed by atoms with Crippen LogP contribution >= 0.6 is 0 Å². The summed E-state index contributed by atoms with van der Waals surface area (Å²) in [6.07, 6.45) is 1.75. The van der Waals surface area contributed by atoms with Gasteiger partial charge in [0, 0.05) is 22.7 Å². The molecule has 0 radical (unpaired) electrons. The third-order valence-electron chi connectivity index (χ3n) is 4.40. The van der Waals surface area contributed by atoms with Gasteiger partial charge in [-0.05, 0) is 30.3 Å². The Morgan fingerprint density at radius 1 is 0.741 bits per heavy atom. The smallest absolute Gasteiger partial charge is 0.338 e. The number of aromatic nitrogens is 1. The third-order valence-corrected chi connectivity index (χ3v) is 4.40.